The Morgan fingerprint density at radius 1 is 1.33 bits per heavy atom. The number of ether oxygens (including phenoxy) is 1. The molecule has 0 atom stereocenters. The zero-order chi connectivity index (χ0) is 8.97. The smallest absolute Gasteiger partial charge is 0.128 e. The summed E-state index contributed by atoms with van der Waals surface area (Å²) in [6.07, 6.45) is 1.46. The van der Waals surface area contributed by atoms with Crippen LogP contribution in [0.4, 0.5) is 0 Å². The highest BCUT2D eigenvalue weighted by Gasteiger charge is 2.00. The summed E-state index contributed by atoms with van der Waals surface area (Å²) in [5, 5.41) is 7.12. The lowest BCUT2D eigenvalue weighted by molar-refractivity contribution is 0.242. The lowest BCUT2D eigenvalue weighted by Gasteiger charge is -2.11. The molecule has 0 unspecified atom stereocenters. The van der Waals surface area contributed by atoms with Crippen LogP contribution in [0.5, 0.6) is 5.75 Å². The van der Waals surface area contributed by atoms with E-state index in [9.17, 15) is 0 Å². The van der Waals surface area contributed by atoms with Gasteiger partial charge in [-0.1, -0.05) is 12.1 Å². The fraction of sp³-hybridized carbons (Fsp3) is 0.300. The number of nitrogens with one attached hydrogen (secondary N) is 1. The first-order chi connectivity index (χ1) is 5.74. The van der Waals surface area contributed by atoms with E-state index in [0.717, 1.165) is 11.3 Å². The van der Waals surface area contributed by atoms with Crippen LogP contribution in [0.25, 0.3) is 0 Å². The second-order valence-corrected chi connectivity index (χ2v) is 2.85. The Balaban J connectivity index is 2.89. The van der Waals surface area contributed by atoms with Crippen LogP contribution in [0, 0.1) is 5.41 Å². The molecule has 0 bridgehead atoms. The summed E-state index contributed by atoms with van der Waals surface area (Å²) in [4.78, 5) is 0. The summed E-state index contributed by atoms with van der Waals surface area (Å²) >= 11 is 0. The summed E-state index contributed by atoms with van der Waals surface area (Å²) < 4.78 is 5.48. The zero-order valence-corrected chi connectivity index (χ0v) is 7.37. The van der Waals surface area contributed by atoms with Crippen molar-refractivity contribution in [3.63, 3.8) is 0 Å². The maximum atomic E-state index is 7.12. The molecule has 1 N–H and O–H groups in total. The van der Waals surface area contributed by atoms with Gasteiger partial charge in [-0.05, 0) is 26.0 Å². The van der Waals surface area contributed by atoms with E-state index in [1.165, 1.54) is 6.21 Å². The predicted octanol–water partition coefficient (Wildman–Crippen LogP) is 2.47. The normalized spacial score (nSPS) is 9.92. The minimum absolute atomic E-state index is 0.158. The lowest BCUT2D eigenvalue weighted by Crippen LogP contribution is -2.06. The van der Waals surface area contributed by atoms with E-state index in [-0.39, 0.29) is 6.10 Å². The van der Waals surface area contributed by atoms with E-state index in [4.69, 9.17) is 10.1 Å². The zero-order valence-electron chi connectivity index (χ0n) is 7.37. The van der Waals surface area contributed by atoms with Gasteiger partial charge in [0.2, 0.25) is 0 Å². The minimum atomic E-state index is 0.158. The number of hydrogen-bond donors (Lipinski definition) is 1. The van der Waals surface area contributed by atoms with Crippen molar-refractivity contribution in [1.82, 2.24) is 0 Å². The van der Waals surface area contributed by atoms with Gasteiger partial charge in [-0.15, -0.1) is 0 Å². The van der Waals surface area contributed by atoms with Crippen LogP contribution in [0.3, 0.4) is 0 Å². The van der Waals surface area contributed by atoms with Gasteiger partial charge >= 0.3 is 0 Å². The monoisotopic (exact) mass is 163 g/mol. The van der Waals surface area contributed by atoms with Crippen LogP contribution in [-0.4, -0.2) is 12.3 Å². The minimum Gasteiger partial charge on any atom is -0.490 e. The fourth-order valence-electron chi connectivity index (χ4n) is 0.961. The quantitative estimate of drug-likeness (QED) is 0.682. The van der Waals surface area contributed by atoms with Crippen molar-refractivity contribution in [2.24, 2.45) is 0 Å². The van der Waals surface area contributed by atoms with Crippen molar-refractivity contribution in [2.75, 3.05) is 0 Å². The van der Waals surface area contributed by atoms with Crippen LogP contribution in [0.2, 0.25) is 0 Å². The maximum Gasteiger partial charge on any atom is 0.128 e. The summed E-state index contributed by atoms with van der Waals surface area (Å²) in [5.74, 6) is 0.780. The van der Waals surface area contributed by atoms with Crippen molar-refractivity contribution in [3.8, 4) is 5.75 Å². The highest BCUT2D eigenvalue weighted by Crippen LogP contribution is 2.16. The van der Waals surface area contributed by atoms with Crippen molar-refractivity contribution < 1.29 is 4.74 Å². The van der Waals surface area contributed by atoms with E-state index < -0.39 is 0 Å². The Hall–Kier alpha value is -1.31. The average Bonchev–Trinajstić information content (AvgIpc) is 2.04. The summed E-state index contributed by atoms with van der Waals surface area (Å²) in [7, 11) is 0. The fourth-order valence-corrected chi connectivity index (χ4v) is 0.961. The third-order valence-electron chi connectivity index (χ3n) is 1.44. The highest BCUT2D eigenvalue weighted by atomic mass is 16.5. The number of para-hydroxylation sites is 1. The van der Waals surface area contributed by atoms with Gasteiger partial charge in [0.1, 0.15) is 5.75 Å². The van der Waals surface area contributed by atoms with Gasteiger partial charge in [0.05, 0.1) is 6.10 Å². The largest absolute Gasteiger partial charge is 0.490 e. The third kappa shape index (κ3) is 2.09. The van der Waals surface area contributed by atoms with Crippen molar-refractivity contribution in [3.05, 3.63) is 29.8 Å². The van der Waals surface area contributed by atoms with Crippen molar-refractivity contribution in [2.45, 2.75) is 20.0 Å². The number of rotatable bonds is 3. The van der Waals surface area contributed by atoms with Gasteiger partial charge in [0, 0.05) is 11.8 Å². The Morgan fingerprint density at radius 3 is 2.58 bits per heavy atom. The molecule has 0 aliphatic carbocycles. The Morgan fingerprint density at radius 2 is 2.00 bits per heavy atom. The van der Waals surface area contributed by atoms with Crippen LogP contribution in [0.1, 0.15) is 19.4 Å². The number of hydrogen-bond acceptors (Lipinski definition) is 2. The molecule has 1 rings (SSSR count). The second-order valence-electron chi connectivity index (χ2n) is 2.85. The Bertz CT molecular complexity index is 268. The molecule has 0 aliphatic heterocycles. The summed E-state index contributed by atoms with van der Waals surface area (Å²) in [6, 6.07) is 7.54. The maximum absolute atomic E-state index is 7.12. The van der Waals surface area contributed by atoms with E-state index in [2.05, 4.69) is 0 Å². The van der Waals surface area contributed by atoms with E-state index in [1.54, 1.807) is 0 Å². The molecule has 2 heteroatoms. The SMILES string of the molecule is CC(C)Oc1ccccc1C=N. The van der Waals surface area contributed by atoms with E-state index >= 15 is 0 Å². The molecule has 0 radical (unpaired) electrons. The van der Waals surface area contributed by atoms with Crippen molar-refractivity contribution >= 4 is 6.21 Å². The standard InChI is InChI=1S/C10H13NO/c1-8(2)12-10-6-4-3-5-9(10)7-11/h3-8,11H,1-2H3. The predicted molar refractivity (Wildman–Crippen MR) is 50.1 cm³/mol. The molecule has 1 aromatic rings. The molecular weight excluding hydrogens is 150 g/mol. The highest BCUT2D eigenvalue weighted by molar-refractivity contribution is 5.80. The first-order valence-corrected chi connectivity index (χ1v) is 4.00. The van der Waals surface area contributed by atoms with Crippen LogP contribution in [0.15, 0.2) is 24.3 Å². The molecule has 1 aromatic carbocycles. The van der Waals surface area contributed by atoms with Gasteiger partial charge in [-0.25, -0.2) is 0 Å². The van der Waals surface area contributed by atoms with Gasteiger partial charge in [-0.2, -0.15) is 0 Å². The molecule has 0 saturated carbocycles. The summed E-state index contributed by atoms with van der Waals surface area (Å²) in [6.45, 7) is 3.95. The van der Waals surface area contributed by atoms with Crippen LogP contribution < -0.4 is 4.74 Å². The molecule has 0 saturated heterocycles. The summed E-state index contributed by atoms with van der Waals surface area (Å²) in [5.41, 5.74) is 0.825. The first kappa shape index (κ1) is 8.78. The number of benzene rings is 1. The van der Waals surface area contributed by atoms with E-state index in [1.807, 2.05) is 38.1 Å². The van der Waals surface area contributed by atoms with Gasteiger partial charge in [-0.3, -0.25) is 0 Å². The second kappa shape index (κ2) is 3.90. The molecular formula is C10H13NO. The molecule has 0 aromatic heterocycles. The van der Waals surface area contributed by atoms with Crippen molar-refractivity contribution in [1.29, 1.82) is 5.41 Å². The third-order valence-corrected chi connectivity index (χ3v) is 1.44. The van der Waals surface area contributed by atoms with Gasteiger partial charge in [0.15, 0.2) is 0 Å². The van der Waals surface area contributed by atoms with Crippen LogP contribution >= 0.6 is 0 Å². The molecule has 0 fully saturated rings. The molecule has 2 nitrogen and oxygen atoms in total. The molecule has 0 amide bonds. The Labute approximate surface area is 72.7 Å². The molecule has 0 aliphatic rings. The van der Waals surface area contributed by atoms with Gasteiger partial charge < -0.3 is 10.1 Å². The molecule has 0 heterocycles. The molecule has 64 valence electrons. The van der Waals surface area contributed by atoms with E-state index in [0.29, 0.717) is 0 Å². The average molecular weight is 163 g/mol. The topological polar surface area (TPSA) is 33.1 Å². The molecule has 12 heavy (non-hydrogen) atoms. The lowest BCUT2D eigenvalue weighted by atomic mass is 10.2. The van der Waals surface area contributed by atoms with Gasteiger partial charge in [0.25, 0.3) is 0 Å². The first-order valence-electron chi connectivity index (χ1n) is 4.00. The Kier molecular flexibility index (Phi) is 2.86. The molecule has 0 spiro atoms. The van der Waals surface area contributed by atoms with Crippen LogP contribution in [-0.2, 0) is 0 Å².